The maximum Gasteiger partial charge on any atom is 0.232 e. The summed E-state index contributed by atoms with van der Waals surface area (Å²) in [7, 11) is 1.86. The Morgan fingerprint density at radius 2 is 1.86 bits per heavy atom. The second-order valence-electron chi connectivity index (χ2n) is 5.58. The normalized spacial score (nSPS) is 21.7. The standard InChI is InChI=1S/C15H28N6/c1-6-12-10-9-11(4)21(12)15-18-13(16-5)17-14(19-15)20(7-2)8-3/h11-12H,6-10H2,1-5H3,(H,16,17,18,19). The predicted octanol–water partition coefficient (Wildman–Crippen LogP) is 2.53. The van der Waals surface area contributed by atoms with Crippen molar-refractivity contribution >= 4 is 17.8 Å². The van der Waals surface area contributed by atoms with Crippen LogP contribution in [0.3, 0.4) is 0 Å². The first-order valence-electron chi connectivity index (χ1n) is 8.11. The molecule has 1 N–H and O–H groups in total. The summed E-state index contributed by atoms with van der Waals surface area (Å²) in [6.45, 7) is 10.5. The summed E-state index contributed by atoms with van der Waals surface area (Å²) in [5.74, 6) is 2.23. The molecule has 0 saturated carbocycles. The van der Waals surface area contributed by atoms with E-state index in [1.165, 1.54) is 12.8 Å². The first-order chi connectivity index (χ1) is 10.1. The highest BCUT2D eigenvalue weighted by Gasteiger charge is 2.32. The van der Waals surface area contributed by atoms with Crippen LogP contribution >= 0.6 is 0 Å². The van der Waals surface area contributed by atoms with Gasteiger partial charge in [0, 0.05) is 32.2 Å². The third-order valence-corrected chi connectivity index (χ3v) is 4.37. The van der Waals surface area contributed by atoms with Crippen molar-refractivity contribution < 1.29 is 0 Å². The zero-order chi connectivity index (χ0) is 15.4. The molecule has 0 aromatic carbocycles. The molecule has 2 unspecified atom stereocenters. The molecule has 0 spiro atoms. The van der Waals surface area contributed by atoms with Crippen LogP contribution in [0.2, 0.25) is 0 Å². The zero-order valence-corrected chi connectivity index (χ0v) is 13.9. The minimum Gasteiger partial charge on any atom is -0.357 e. The minimum atomic E-state index is 0.492. The molecule has 118 valence electrons. The Morgan fingerprint density at radius 1 is 1.14 bits per heavy atom. The van der Waals surface area contributed by atoms with Crippen molar-refractivity contribution in [2.24, 2.45) is 0 Å². The molecule has 2 atom stereocenters. The largest absolute Gasteiger partial charge is 0.357 e. The maximum absolute atomic E-state index is 4.74. The van der Waals surface area contributed by atoms with Crippen molar-refractivity contribution in [2.75, 3.05) is 35.3 Å². The molecule has 0 amide bonds. The molecule has 1 aliphatic heterocycles. The Kier molecular flexibility index (Phi) is 5.20. The molecule has 0 bridgehead atoms. The molecule has 6 heteroatoms. The molecule has 2 rings (SSSR count). The summed E-state index contributed by atoms with van der Waals surface area (Å²) in [6.07, 6.45) is 3.56. The fourth-order valence-electron chi connectivity index (χ4n) is 3.06. The third-order valence-electron chi connectivity index (χ3n) is 4.37. The van der Waals surface area contributed by atoms with Crippen LogP contribution in [0.5, 0.6) is 0 Å². The zero-order valence-electron chi connectivity index (χ0n) is 13.9. The summed E-state index contributed by atoms with van der Waals surface area (Å²) in [5, 5.41) is 3.07. The smallest absolute Gasteiger partial charge is 0.232 e. The van der Waals surface area contributed by atoms with Crippen LogP contribution < -0.4 is 15.1 Å². The fourth-order valence-corrected chi connectivity index (χ4v) is 3.06. The molecule has 1 fully saturated rings. The van der Waals surface area contributed by atoms with Gasteiger partial charge in [0.1, 0.15) is 0 Å². The molecule has 2 heterocycles. The topological polar surface area (TPSA) is 57.2 Å². The summed E-state index contributed by atoms with van der Waals surface area (Å²) >= 11 is 0. The molecule has 0 aliphatic carbocycles. The van der Waals surface area contributed by atoms with Gasteiger partial charge in [0.15, 0.2) is 0 Å². The average Bonchev–Trinajstić information content (AvgIpc) is 2.89. The van der Waals surface area contributed by atoms with E-state index >= 15 is 0 Å². The Balaban J connectivity index is 2.40. The van der Waals surface area contributed by atoms with E-state index < -0.39 is 0 Å². The van der Waals surface area contributed by atoms with Gasteiger partial charge in [-0.1, -0.05) is 6.92 Å². The van der Waals surface area contributed by atoms with Crippen LogP contribution in [-0.2, 0) is 0 Å². The molecule has 21 heavy (non-hydrogen) atoms. The van der Waals surface area contributed by atoms with Crippen LogP contribution in [0.15, 0.2) is 0 Å². The average molecular weight is 292 g/mol. The van der Waals surface area contributed by atoms with Crippen LogP contribution in [-0.4, -0.2) is 47.2 Å². The molecule has 1 saturated heterocycles. The van der Waals surface area contributed by atoms with Gasteiger partial charge in [-0.25, -0.2) is 0 Å². The summed E-state index contributed by atoms with van der Waals surface area (Å²) in [5.41, 5.74) is 0. The monoisotopic (exact) mass is 292 g/mol. The summed E-state index contributed by atoms with van der Waals surface area (Å²) < 4.78 is 0. The molecular weight excluding hydrogens is 264 g/mol. The van der Waals surface area contributed by atoms with Crippen molar-refractivity contribution in [1.29, 1.82) is 0 Å². The van der Waals surface area contributed by atoms with Gasteiger partial charge in [-0.15, -0.1) is 0 Å². The fraction of sp³-hybridized carbons (Fsp3) is 0.800. The van der Waals surface area contributed by atoms with Gasteiger partial charge in [-0.3, -0.25) is 0 Å². The van der Waals surface area contributed by atoms with Gasteiger partial charge in [-0.2, -0.15) is 15.0 Å². The summed E-state index contributed by atoms with van der Waals surface area (Å²) in [6, 6.07) is 1.03. The van der Waals surface area contributed by atoms with E-state index in [1.54, 1.807) is 0 Å². The van der Waals surface area contributed by atoms with Gasteiger partial charge in [0.05, 0.1) is 0 Å². The van der Waals surface area contributed by atoms with Gasteiger partial charge in [-0.05, 0) is 40.0 Å². The van der Waals surface area contributed by atoms with Crippen LogP contribution in [0.1, 0.15) is 47.0 Å². The van der Waals surface area contributed by atoms with Gasteiger partial charge in [0.25, 0.3) is 0 Å². The SMILES string of the molecule is CCC1CCC(C)N1c1nc(NC)nc(N(CC)CC)n1. The molecule has 1 aliphatic rings. The second-order valence-corrected chi connectivity index (χ2v) is 5.58. The van der Waals surface area contributed by atoms with Crippen molar-refractivity contribution in [1.82, 2.24) is 15.0 Å². The van der Waals surface area contributed by atoms with E-state index in [4.69, 9.17) is 4.98 Å². The van der Waals surface area contributed by atoms with E-state index in [-0.39, 0.29) is 0 Å². The maximum atomic E-state index is 4.74. The number of aromatic nitrogens is 3. The highest BCUT2D eigenvalue weighted by Crippen LogP contribution is 2.30. The van der Waals surface area contributed by atoms with E-state index in [0.717, 1.165) is 31.4 Å². The van der Waals surface area contributed by atoms with Gasteiger partial charge >= 0.3 is 0 Å². The molecule has 1 aromatic heterocycles. The number of anilines is 3. The first-order valence-corrected chi connectivity index (χ1v) is 8.11. The van der Waals surface area contributed by atoms with E-state index in [2.05, 4.69) is 52.8 Å². The second kappa shape index (κ2) is 6.91. The number of hydrogen-bond acceptors (Lipinski definition) is 6. The molecule has 1 aromatic rings. The Morgan fingerprint density at radius 3 is 2.43 bits per heavy atom. The highest BCUT2D eigenvalue weighted by atomic mass is 15.4. The van der Waals surface area contributed by atoms with Crippen molar-refractivity contribution in [3.8, 4) is 0 Å². The first kappa shape index (κ1) is 15.8. The van der Waals surface area contributed by atoms with Crippen LogP contribution in [0, 0.1) is 0 Å². The molecule has 6 nitrogen and oxygen atoms in total. The minimum absolute atomic E-state index is 0.492. The lowest BCUT2D eigenvalue weighted by atomic mass is 10.2. The number of hydrogen-bond donors (Lipinski definition) is 1. The molecular formula is C15H28N6. The summed E-state index contributed by atoms with van der Waals surface area (Å²) in [4.78, 5) is 18.4. The highest BCUT2D eigenvalue weighted by molar-refractivity contribution is 5.46. The van der Waals surface area contributed by atoms with Crippen LogP contribution in [0.25, 0.3) is 0 Å². The van der Waals surface area contributed by atoms with Crippen molar-refractivity contribution in [2.45, 2.75) is 59.0 Å². The quantitative estimate of drug-likeness (QED) is 0.869. The van der Waals surface area contributed by atoms with Gasteiger partial charge < -0.3 is 15.1 Å². The van der Waals surface area contributed by atoms with E-state index in [9.17, 15) is 0 Å². The van der Waals surface area contributed by atoms with Gasteiger partial charge in [0.2, 0.25) is 17.8 Å². The third kappa shape index (κ3) is 3.19. The lowest BCUT2D eigenvalue weighted by molar-refractivity contribution is 0.610. The molecule has 0 radical (unpaired) electrons. The number of rotatable bonds is 6. The Labute approximate surface area is 128 Å². The predicted molar refractivity (Wildman–Crippen MR) is 88.2 cm³/mol. The van der Waals surface area contributed by atoms with Crippen molar-refractivity contribution in [3.63, 3.8) is 0 Å². The lowest BCUT2D eigenvalue weighted by Gasteiger charge is -2.29. The van der Waals surface area contributed by atoms with Crippen molar-refractivity contribution in [3.05, 3.63) is 0 Å². The number of nitrogens with zero attached hydrogens (tertiary/aromatic N) is 5. The Bertz CT molecular complexity index is 459. The lowest BCUT2D eigenvalue weighted by Crippen LogP contribution is -2.36. The number of nitrogens with one attached hydrogen (secondary N) is 1. The van der Waals surface area contributed by atoms with Crippen LogP contribution in [0.4, 0.5) is 17.8 Å². The van der Waals surface area contributed by atoms with E-state index in [1.807, 2.05) is 7.05 Å². The Hall–Kier alpha value is -1.59. The van der Waals surface area contributed by atoms with E-state index in [0.29, 0.717) is 18.0 Å².